The first kappa shape index (κ1) is 8.85. The Bertz CT molecular complexity index is 270. The molecule has 1 heteroatoms. The van der Waals surface area contributed by atoms with Gasteiger partial charge in [0.1, 0.15) is 0 Å². The first-order valence-electron chi connectivity index (χ1n) is 4.19. The smallest absolute Gasteiger partial charge is 0.0381 e. The Morgan fingerprint density at radius 3 is 2.33 bits per heavy atom. The lowest BCUT2D eigenvalue weighted by Gasteiger charge is -2.05. The lowest BCUT2D eigenvalue weighted by molar-refractivity contribution is 1.34. The minimum absolute atomic E-state index is 1.15. The van der Waals surface area contributed by atoms with Crippen LogP contribution in [0.4, 0.5) is 5.69 Å². The Hall–Kier alpha value is -1.24. The van der Waals surface area contributed by atoms with Crippen molar-refractivity contribution >= 4 is 5.69 Å². The zero-order valence-corrected chi connectivity index (χ0v) is 7.89. The third-order valence-electron chi connectivity index (χ3n) is 1.83. The Labute approximate surface area is 74.1 Å². The molecule has 0 aliphatic rings. The van der Waals surface area contributed by atoms with Crippen molar-refractivity contribution in [3.63, 3.8) is 0 Å². The van der Waals surface area contributed by atoms with Crippen LogP contribution in [0.1, 0.15) is 19.4 Å². The van der Waals surface area contributed by atoms with Gasteiger partial charge in [-0.25, -0.2) is 0 Å². The Kier molecular flexibility index (Phi) is 2.92. The van der Waals surface area contributed by atoms with Gasteiger partial charge in [0, 0.05) is 11.4 Å². The molecule has 0 aliphatic carbocycles. The minimum Gasteiger partial charge on any atom is -0.359 e. The summed E-state index contributed by atoms with van der Waals surface area (Å²) in [5.74, 6) is 0. The number of benzene rings is 1. The third-order valence-corrected chi connectivity index (χ3v) is 1.83. The molecule has 0 aliphatic heterocycles. The molecule has 1 rings (SSSR count). The minimum atomic E-state index is 1.15. The molecule has 0 fully saturated rings. The summed E-state index contributed by atoms with van der Waals surface area (Å²) in [5, 5.41) is 3.28. The van der Waals surface area contributed by atoms with Gasteiger partial charge in [-0.2, -0.15) is 0 Å². The molecule has 0 radical (unpaired) electrons. The van der Waals surface area contributed by atoms with E-state index in [9.17, 15) is 0 Å². The summed E-state index contributed by atoms with van der Waals surface area (Å²) < 4.78 is 0. The van der Waals surface area contributed by atoms with E-state index < -0.39 is 0 Å². The summed E-state index contributed by atoms with van der Waals surface area (Å²) in [6.07, 6.45) is 2.06. The van der Waals surface area contributed by atoms with E-state index in [1.54, 1.807) is 0 Å². The maximum Gasteiger partial charge on any atom is 0.0381 e. The largest absolute Gasteiger partial charge is 0.359 e. The normalized spacial score (nSPS) is 11.4. The van der Waals surface area contributed by atoms with Gasteiger partial charge in [0.25, 0.3) is 0 Å². The van der Waals surface area contributed by atoms with Crippen molar-refractivity contribution in [1.29, 1.82) is 0 Å². The zero-order chi connectivity index (χ0) is 8.97. The lowest BCUT2D eigenvalue weighted by atomic mass is 10.2. The molecule has 0 saturated heterocycles. The van der Waals surface area contributed by atoms with Crippen molar-refractivity contribution in [2.45, 2.75) is 20.8 Å². The van der Waals surface area contributed by atoms with E-state index in [0.717, 1.165) is 5.69 Å². The van der Waals surface area contributed by atoms with E-state index in [2.05, 4.69) is 49.5 Å². The molecule has 0 aromatic heterocycles. The van der Waals surface area contributed by atoms with Crippen LogP contribution in [0.15, 0.2) is 36.0 Å². The van der Waals surface area contributed by atoms with Crippen molar-refractivity contribution in [1.82, 2.24) is 0 Å². The molecule has 64 valence electrons. The van der Waals surface area contributed by atoms with E-state index in [1.807, 2.05) is 6.92 Å². The van der Waals surface area contributed by atoms with Crippen LogP contribution in [0.5, 0.6) is 0 Å². The summed E-state index contributed by atoms with van der Waals surface area (Å²) in [6.45, 7) is 6.17. The monoisotopic (exact) mass is 161 g/mol. The average Bonchev–Trinajstić information content (AvgIpc) is 2.09. The van der Waals surface area contributed by atoms with Crippen LogP contribution in [0.2, 0.25) is 0 Å². The molecule has 1 N–H and O–H groups in total. The highest BCUT2D eigenvalue weighted by molar-refractivity contribution is 5.48. The van der Waals surface area contributed by atoms with Crippen LogP contribution in [-0.4, -0.2) is 0 Å². The second kappa shape index (κ2) is 3.96. The van der Waals surface area contributed by atoms with Crippen molar-refractivity contribution < 1.29 is 0 Å². The first-order valence-corrected chi connectivity index (χ1v) is 4.19. The van der Waals surface area contributed by atoms with Gasteiger partial charge in [-0.15, -0.1) is 0 Å². The van der Waals surface area contributed by atoms with E-state index in [0.29, 0.717) is 0 Å². The van der Waals surface area contributed by atoms with Crippen molar-refractivity contribution in [3.8, 4) is 0 Å². The predicted octanol–water partition coefficient (Wildman–Crippen LogP) is 3.33. The van der Waals surface area contributed by atoms with Crippen LogP contribution in [0.25, 0.3) is 0 Å². The number of rotatable bonds is 2. The maximum atomic E-state index is 3.28. The summed E-state index contributed by atoms with van der Waals surface area (Å²) in [4.78, 5) is 0. The lowest BCUT2D eigenvalue weighted by Crippen LogP contribution is -1.93. The van der Waals surface area contributed by atoms with Gasteiger partial charge in [-0.1, -0.05) is 23.8 Å². The highest BCUT2D eigenvalue weighted by atomic mass is 14.9. The maximum absolute atomic E-state index is 3.28. The van der Waals surface area contributed by atoms with Crippen LogP contribution < -0.4 is 5.32 Å². The molecule has 0 unspecified atom stereocenters. The number of hydrogen-bond acceptors (Lipinski definition) is 1. The molecule has 0 saturated carbocycles. The van der Waals surface area contributed by atoms with Gasteiger partial charge in [-0.05, 0) is 32.9 Å². The second-order valence-corrected chi connectivity index (χ2v) is 2.96. The fraction of sp³-hybridized carbons (Fsp3) is 0.273. The van der Waals surface area contributed by atoms with E-state index >= 15 is 0 Å². The fourth-order valence-corrected chi connectivity index (χ4v) is 0.937. The van der Waals surface area contributed by atoms with Gasteiger partial charge in [0.05, 0.1) is 0 Å². The topological polar surface area (TPSA) is 12.0 Å². The second-order valence-electron chi connectivity index (χ2n) is 2.96. The Morgan fingerprint density at radius 2 is 1.83 bits per heavy atom. The Balaban J connectivity index is 2.71. The zero-order valence-electron chi connectivity index (χ0n) is 7.89. The molecule has 1 aromatic rings. The quantitative estimate of drug-likeness (QED) is 0.701. The number of hydrogen-bond donors (Lipinski definition) is 1. The van der Waals surface area contributed by atoms with Gasteiger partial charge in [0.15, 0.2) is 0 Å². The molecule has 0 heterocycles. The van der Waals surface area contributed by atoms with Crippen LogP contribution in [-0.2, 0) is 0 Å². The number of anilines is 1. The van der Waals surface area contributed by atoms with Crippen molar-refractivity contribution in [2.24, 2.45) is 0 Å². The van der Waals surface area contributed by atoms with Crippen LogP contribution in [0.3, 0.4) is 0 Å². The molecule has 12 heavy (non-hydrogen) atoms. The highest BCUT2D eigenvalue weighted by Crippen LogP contribution is 2.10. The van der Waals surface area contributed by atoms with Crippen molar-refractivity contribution in [2.75, 3.05) is 5.32 Å². The first-order chi connectivity index (χ1) is 5.72. The van der Waals surface area contributed by atoms with Crippen molar-refractivity contribution in [3.05, 3.63) is 41.6 Å². The SMILES string of the molecule is C/C=C(/C)Nc1ccc(C)cc1. The summed E-state index contributed by atoms with van der Waals surface area (Å²) in [5.41, 5.74) is 3.62. The van der Waals surface area contributed by atoms with Crippen LogP contribution in [0, 0.1) is 6.92 Å². The van der Waals surface area contributed by atoms with Gasteiger partial charge < -0.3 is 5.32 Å². The third kappa shape index (κ3) is 2.42. The van der Waals surface area contributed by atoms with Crippen LogP contribution >= 0.6 is 0 Å². The van der Waals surface area contributed by atoms with Gasteiger partial charge in [0.2, 0.25) is 0 Å². The Morgan fingerprint density at radius 1 is 1.25 bits per heavy atom. The molecule has 0 bridgehead atoms. The molecule has 0 atom stereocenters. The molecular formula is C11H15N. The summed E-state index contributed by atoms with van der Waals surface area (Å²) in [7, 11) is 0. The highest BCUT2D eigenvalue weighted by Gasteiger charge is 1.90. The van der Waals surface area contributed by atoms with Gasteiger partial charge in [-0.3, -0.25) is 0 Å². The molecule has 0 amide bonds. The molecule has 1 nitrogen and oxygen atoms in total. The van der Waals surface area contributed by atoms with E-state index in [4.69, 9.17) is 0 Å². The number of allylic oxidation sites excluding steroid dienone is 2. The summed E-state index contributed by atoms with van der Waals surface area (Å²) in [6, 6.07) is 8.38. The number of nitrogens with one attached hydrogen (secondary N) is 1. The standard InChI is InChI=1S/C11H15N/c1-4-10(3)12-11-7-5-9(2)6-8-11/h4-8,12H,1-3H3/b10-4-. The van der Waals surface area contributed by atoms with Gasteiger partial charge >= 0.3 is 0 Å². The predicted molar refractivity (Wildman–Crippen MR) is 54.2 cm³/mol. The molecule has 0 spiro atoms. The molecular weight excluding hydrogens is 146 g/mol. The number of aryl methyl sites for hydroxylation is 1. The van der Waals surface area contributed by atoms with E-state index in [-0.39, 0.29) is 0 Å². The summed E-state index contributed by atoms with van der Waals surface area (Å²) >= 11 is 0. The average molecular weight is 161 g/mol. The van der Waals surface area contributed by atoms with E-state index in [1.165, 1.54) is 11.3 Å². The molecule has 1 aromatic carbocycles. The fourth-order valence-electron chi connectivity index (χ4n) is 0.937.